The van der Waals surface area contributed by atoms with E-state index < -0.39 is 116 Å². The molecule has 1 atom stereocenters. The second kappa shape index (κ2) is 16.3. The van der Waals surface area contributed by atoms with Gasteiger partial charge < -0.3 is 18.9 Å². The lowest BCUT2D eigenvalue weighted by Gasteiger charge is -2.32. The molecule has 0 bridgehead atoms. The summed E-state index contributed by atoms with van der Waals surface area (Å²) in [6, 6.07) is 17.4. The molecule has 4 nitrogen and oxygen atoms in total. The lowest BCUT2D eigenvalue weighted by Crippen LogP contribution is -2.25. The zero-order valence-corrected chi connectivity index (χ0v) is 30.6. The fourth-order valence-electron chi connectivity index (χ4n) is 6.34. The van der Waals surface area contributed by atoms with Gasteiger partial charge in [-0.25, -0.2) is 26.3 Å². The molecule has 0 aliphatic rings. The zero-order chi connectivity index (χ0) is 43.1. The first kappa shape index (κ1) is 42.0. The third-order valence-corrected chi connectivity index (χ3v) is 9.62. The summed E-state index contributed by atoms with van der Waals surface area (Å²) in [5.74, 6) is -28.4. The molecule has 0 spiro atoms. The van der Waals surface area contributed by atoms with Crippen LogP contribution in [0.15, 0.2) is 79.4 Å². The summed E-state index contributed by atoms with van der Waals surface area (Å²) < 4.78 is 196. The van der Waals surface area contributed by atoms with Crippen LogP contribution in [0, 0.1) is 69.8 Å². The Kier molecular flexibility index (Phi) is 11.6. The molecule has 0 aromatic heterocycles. The van der Waals surface area contributed by atoms with Gasteiger partial charge in [0.2, 0.25) is 46.4 Å². The first-order valence-corrected chi connectivity index (χ1v) is 16.9. The molecule has 0 saturated heterocycles. The van der Waals surface area contributed by atoms with Crippen LogP contribution in [0.1, 0.15) is 40.3 Å². The fourth-order valence-corrected chi connectivity index (χ4v) is 6.34. The molecule has 16 heteroatoms. The van der Waals surface area contributed by atoms with Crippen LogP contribution in [-0.2, 0) is 11.8 Å². The highest BCUT2D eigenvalue weighted by Crippen LogP contribution is 2.43. The van der Waals surface area contributed by atoms with E-state index in [1.54, 1.807) is 31.2 Å². The van der Waals surface area contributed by atoms with Crippen molar-refractivity contribution in [1.29, 1.82) is 0 Å². The lowest BCUT2D eigenvalue weighted by atomic mass is 9.71. The van der Waals surface area contributed by atoms with Gasteiger partial charge >= 0.3 is 0 Å². The van der Waals surface area contributed by atoms with Crippen molar-refractivity contribution < 1.29 is 71.6 Å². The Morgan fingerprint density at radius 2 is 0.729 bits per heavy atom. The van der Waals surface area contributed by atoms with Gasteiger partial charge in [-0.05, 0) is 60.0 Å². The van der Waals surface area contributed by atoms with Crippen LogP contribution in [-0.4, -0.2) is 14.2 Å². The lowest BCUT2D eigenvalue weighted by molar-refractivity contribution is 0.328. The summed E-state index contributed by atoms with van der Waals surface area (Å²) in [7, 11) is 2.14. The van der Waals surface area contributed by atoms with Crippen molar-refractivity contribution in [2.45, 2.75) is 18.8 Å². The second-order valence-corrected chi connectivity index (χ2v) is 12.8. The van der Waals surface area contributed by atoms with Crippen LogP contribution in [0.5, 0.6) is 34.5 Å². The first-order chi connectivity index (χ1) is 28.0. The number of hydrogen-bond acceptors (Lipinski definition) is 4. The maximum absolute atomic E-state index is 15.3. The van der Waals surface area contributed by atoms with Crippen molar-refractivity contribution >= 4 is 6.08 Å². The molecule has 0 N–H and O–H groups in total. The van der Waals surface area contributed by atoms with Gasteiger partial charge in [0.25, 0.3) is 0 Å². The fraction of sp³-hybridized carbons (Fsp3) is 0.116. The molecule has 306 valence electrons. The molecule has 0 aliphatic heterocycles. The van der Waals surface area contributed by atoms with E-state index in [9.17, 15) is 35.1 Å². The molecule has 0 saturated carbocycles. The summed E-state index contributed by atoms with van der Waals surface area (Å²) in [6.45, 7) is 4.88. The van der Waals surface area contributed by atoms with E-state index >= 15 is 17.6 Å². The van der Waals surface area contributed by atoms with Gasteiger partial charge in [-0.1, -0.05) is 49.1 Å². The Hall–Kier alpha value is -6.58. The molecule has 0 amide bonds. The molecule has 0 heterocycles. The Morgan fingerprint density at radius 3 is 1.03 bits per heavy atom. The molecule has 6 aromatic rings. The number of methoxy groups -OCH3 is 2. The molecule has 59 heavy (non-hydrogen) atoms. The van der Waals surface area contributed by atoms with Gasteiger partial charge in [0.05, 0.1) is 19.8 Å². The summed E-state index contributed by atoms with van der Waals surface area (Å²) in [5.41, 5.74) is -3.76. The Labute approximate surface area is 327 Å². The van der Waals surface area contributed by atoms with Crippen molar-refractivity contribution in [2.75, 3.05) is 14.2 Å². The molecule has 1 unspecified atom stereocenters. The topological polar surface area (TPSA) is 36.9 Å². The SMILES string of the molecule is C=Cc1c(F)c(F)c(Oc2ccc(C(C)(c3ccc(OC)cc3)c3ccc(Oc4c(F)c(F)c(Cc5c(F)c(F)c(OC)c(F)c5F)c(F)c4F)cc3)cc2)c(F)c1F. The van der Waals surface area contributed by atoms with E-state index in [1.165, 1.54) is 55.6 Å². The van der Waals surface area contributed by atoms with Crippen LogP contribution in [0.4, 0.5) is 52.7 Å². The van der Waals surface area contributed by atoms with Crippen molar-refractivity contribution in [3.8, 4) is 34.5 Å². The molecule has 0 fully saturated rings. The van der Waals surface area contributed by atoms with Crippen LogP contribution in [0.3, 0.4) is 0 Å². The Balaban J connectivity index is 1.33. The van der Waals surface area contributed by atoms with Crippen molar-refractivity contribution in [3.63, 3.8) is 0 Å². The van der Waals surface area contributed by atoms with Crippen LogP contribution >= 0.6 is 0 Å². The highest BCUT2D eigenvalue weighted by Gasteiger charge is 2.34. The van der Waals surface area contributed by atoms with Crippen molar-refractivity contribution in [2.24, 2.45) is 0 Å². The van der Waals surface area contributed by atoms with E-state index in [0.29, 0.717) is 35.6 Å². The molecular weight excluding hydrogens is 808 g/mol. The van der Waals surface area contributed by atoms with E-state index in [4.69, 9.17) is 14.2 Å². The minimum atomic E-state index is -2.17. The first-order valence-electron chi connectivity index (χ1n) is 16.9. The summed E-state index contributed by atoms with van der Waals surface area (Å²) in [5, 5.41) is 0. The van der Waals surface area contributed by atoms with Gasteiger partial charge in [-0.3, -0.25) is 0 Å². The third kappa shape index (κ3) is 7.27. The summed E-state index contributed by atoms with van der Waals surface area (Å²) in [6.07, 6.45) is -1.04. The number of benzene rings is 6. The smallest absolute Gasteiger partial charge is 0.205 e. The van der Waals surface area contributed by atoms with Crippen LogP contribution < -0.4 is 18.9 Å². The predicted molar refractivity (Wildman–Crippen MR) is 190 cm³/mol. The minimum Gasteiger partial charge on any atom is -0.497 e. The van der Waals surface area contributed by atoms with Gasteiger partial charge in [0.1, 0.15) is 17.2 Å². The molecule has 0 aliphatic carbocycles. The number of hydrogen-bond donors (Lipinski definition) is 0. The maximum Gasteiger partial charge on any atom is 0.205 e. The van der Waals surface area contributed by atoms with Gasteiger partial charge in [0, 0.05) is 23.0 Å². The number of halogens is 12. The summed E-state index contributed by atoms with van der Waals surface area (Å²) in [4.78, 5) is 0. The zero-order valence-electron chi connectivity index (χ0n) is 30.6. The highest BCUT2D eigenvalue weighted by molar-refractivity contribution is 5.55. The van der Waals surface area contributed by atoms with Gasteiger partial charge in [-0.2, -0.15) is 26.3 Å². The second-order valence-electron chi connectivity index (χ2n) is 12.8. The van der Waals surface area contributed by atoms with Crippen molar-refractivity contribution in [3.05, 3.63) is 183 Å². The highest BCUT2D eigenvalue weighted by atomic mass is 19.2. The molecule has 0 radical (unpaired) electrons. The Morgan fingerprint density at radius 1 is 0.424 bits per heavy atom. The quantitative estimate of drug-likeness (QED) is 0.0699. The van der Waals surface area contributed by atoms with Crippen molar-refractivity contribution in [1.82, 2.24) is 0 Å². The molecule has 6 aromatic carbocycles. The number of rotatable bonds is 12. The standard InChI is InChI=1S/C43H26F12O4/c1-5-25-28(44)36(52)41(37(53)29(25)45)58-23-14-8-20(9-15-23)43(2,19-6-12-22(56-3)13-7-19)21-10-16-24(17-11-21)59-42-38(54)32(48)27(33(49)39(42)55)18-26-30(46)34(50)40(57-4)35(51)31(26)47/h5-17H,1,18H2,2-4H3. The van der Waals surface area contributed by atoms with Crippen LogP contribution in [0.2, 0.25) is 0 Å². The van der Waals surface area contributed by atoms with E-state index in [0.717, 1.165) is 0 Å². The largest absolute Gasteiger partial charge is 0.497 e. The minimum absolute atomic E-state index is 0.217. The van der Waals surface area contributed by atoms with Gasteiger partial charge in [0.15, 0.2) is 40.7 Å². The molecule has 6 rings (SSSR count). The summed E-state index contributed by atoms with van der Waals surface area (Å²) >= 11 is 0. The average Bonchev–Trinajstić information content (AvgIpc) is 3.25. The Bertz CT molecular complexity index is 2510. The normalized spacial score (nSPS) is 12.3. The van der Waals surface area contributed by atoms with E-state index in [2.05, 4.69) is 11.3 Å². The van der Waals surface area contributed by atoms with E-state index in [1.807, 2.05) is 0 Å². The third-order valence-electron chi connectivity index (χ3n) is 9.62. The van der Waals surface area contributed by atoms with Gasteiger partial charge in [-0.15, -0.1) is 0 Å². The monoisotopic (exact) mass is 834 g/mol. The molecular formula is C43H26F12O4. The van der Waals surface area contributed by atoms with Crippen LogP contribution in [0.25, 0.3) is 6.08 Å². The predicted octanol–water partition coefficient (Wildman–Crippen LogP) is 12.5. The van der Waals surface area contributed by atoms with E-state index in [-0.39, 0.29) is 11.5 Å². The average molecular weight is 835 g/mol. The maximum atomic E-state index is 15.3. The number of ether oxygens (including phenoxy) is 4.